The number of carbonyl (C=O) groups is 1. The molecule has 0 amide bonds. The van der Waals surface area contributed by atoms with Gasteiger partial charge >= 0.3 is 0 Å². The van der Waals surface area contributed by atoms with Crippen LogP contribution in [0, 0.1) is 5.92 Å². The average Bonchev–Trinajstić information content (AvgIpc) is 2.41. The second-order valence-electron chi connectivity index (χ2n) is 2.74. The molecule has 0 aliphatic heterocycles. The topological polar surface area (TPSA) is 30.2 Å². The maximum Gasteiger partial charge on any atom is 0.201 e. The summed E-state index contributed by atoms with van der Waals surface area (Å²) in [5.41, 5.74) is 1.07. The zero-order chi connectivity index (χ0) is 7.14. The molecule has 1 aliphatic carbocycles. The van der Waals surface area contributed by atoms with Crippen LogP contribution in [0.15, 0.2) is 16.7 Å². The fraction of sp³-hybridized carbons (Fsp3) is 0.375. The molecule has 0 aromatic carbocycles. The Morgan fingerprint density at radius 3 is 3.20 bits per heavy atom. The Morgan fingerprint density at radius 2 is 2.50 bits per heavy atom. The Bertz CT molecular complexity index is 273. The van der Waals surface area contributed by atoms with Gasteiger partial charge in [0.25, 0.3) is 0 Å². The monoisotopic (exact) mass is 136 g/mol. The van der Waals surface area contributed by atoms with Gasteiger partial charge in [0.15, 0.2) is 5.76 Å². The molecule has 1 heterocycles. The Kier molecular flexibility index (Phi) is 0.982. The fourth-order valence-corrected chi connectivity index (χ4v) is 1.36. The van der Waals surface area contributed by atoms with Crippen molar-refractivity contribution in [3.05, 3.63) is 23.7 Å². The summed E-state index contributed by atoms with van der Waals surface area (Å²) in [6.45, 7) is 1.93. The third-order valence-corrected chi connectivity index (χ3v) is 1.94. The lowest BCUT2D eigenvalue weighted by atomic mass is 10.1. The molecule has 1 aromatic heterocycles. The van der Waals surface area contributed by atoms with Gasteiger partial charge in [-0.25, -0.2) is 0 Å². The first kappa shape index (κ1) is 5.71. The van der Waals surface area contributed by atoms with E-state index in [0.29, 0.717) is 5.76 Å². The van der Waals surface area contributed by atoms with Crippen LogP contribution in [0.25, 0.3) is 0 Å². The maximum atomic E-state index is 11.2. The lowest BCUT2D eigenvalue weighted by Crippen LogP contribution is -2.02. The van der Waals surface area contributed by atoms with Crippen molar-refractivity contribution < 1.29 is 9.21 Å². The van der Waals surface area contributed by atoms with Gasteiger partial charge in [0, 0.05) is 11.5 Å². The molecule has 1 unspecified atom stereocenters. The number of furan rings is 1. The van der Waals surface area contributed by atoms with Crippen molar-refractivity contribution in [3.8, 4) is 0 Å². The minimum absolute atomic E-state index is 0.134. The summed E-state index contributed by atoms with van der Waals surface area (Å²) in [4.78, 5) is 11.2. The lowest BCUT2D eigenvalue weighted by molar-refractivity contribution is 0.0921. The molecule has 1 atom stereocenters. The highest BCUT2D eigenvalue weighted by atomic mass is 16.3. The highest BCUT2D eigenvalue weighted by molar-refractivity contribution is 5.99. The molecule has 0 radical (unpaired) electrons. The average molecular weight is 136 g/mol. The van der Waals surface area contributed by atoms with Gasteiger partial charge in [-0.15, -0.1) is 0 Å². The highest BCUT2D eigenvalue weighted by Gasteiger charge is 2.29. The van der Waals surface area contributed by atoms with Gasteiger partial charge in [0.05, 0.1) is 6.26 Å². The summed E-state index contributed by atoms with van der Waals surface area (Å²) in [5, 5.41) is 0. The zero-order valence-corrected chi connectivity index (χ0v) is 5.76. The van der Waals surface area contributed by atoms with E-state index in [4.69, 9.17) is 4.42 Å². The van der Waals surface area contributed by atoms with E-state index in [-0.39, 0.29) is 11.7 Å². The van der Waals surface area contributed by atoms with Gasteiger partial charge in [-0.2, -0.15) is 0 Å². The van der Waals surface area contributed by atoms with Crippen LogP contribution in [0.2, 0.25) is 0 Å². The molecular weight excluding hydrogens is 128 g/mol. The van der Waals surface area contributed by atoms with Crippen LogP contribution in [-0.4, -0.2) is 5.78 Å². The van der Waals surface area contributed by atoms with Crippen LogP contribution in [0.1, 0.15) is 23.0 Å². The summed E-state index contributed by atoms with van der Waals surface area (Å²) in [5.74, 6) is 0.863. The van der Waals surface area contributed by atoms with Crippen LogP contribution in [0.5, 0.6) is 0 Å². The predicted molar refractivity (Wildman–Crippen MR) is 35.9 cm³/mol. The molecule has 0 fully saturated rings. The largest absolute Gasteiger partial charge is 0.461 e. The number of carbonyl (C=O) groups excluding carboxylic acids is 1. The van der Waals surface area contributed by atoms with Gasteiger partial charge < -0.3 is 4.42 Å². The van der Waals surface area contributed by atoms with Gasteiger partial charge in [0.2, 0.25) is 5.78 Å². The second kappa shape index (κ2) is 1.72. The lowest BCUT2D eigenvalue weighted by Gasteiger charge is -1.93. The minimum Gasteiger partial charge on any atom is -0.461 e. The Balaban J connectivity index is 2.53. The first-order chi connectivity index (χ1) is 4.79. The summed E-state index contributed by atoms with van der Waals surface area (Å²) in [7, 11) is 0. The molecule has 0 spiro atoms. The number of rotatable bonds is 0. The number of fused-ring (bicyclic) bond motifs is 1. The quantitative estimate of drug-likeness (QED) is 0.542. The minimum atomic E-state index is 0.134. The molecule has 0 saturated heterocycles. The summed E-state index contributed by atoms with van der Waals surface area (Å²) in [6, 6.07) is 1.87. The van der Waals surface area contributed by atoms with E-state index in [0.717, 1.165) is 12.0 Å². The smallest absolute Gasteiger partial charge is 0.201 e. The third-order valence-electron chi connectivity index (χ3n) is 1.94. The van der Waals surface area contributed by atoms with Crippen molar-refractivity contribution in [2.24, 2.45) is 5.92 Å². The Labute approximate surface area is 58.8 Å². The molecule has 1 aliphatic rings. The van der Waals surface area contributed by atoms with Gasteiger partial charge in [-0.3, -0.25) is 4.79 Å². The van der Waals surface area contributed by atoms with Crippen LogP contribution < -0.4 is 0 Å². The molecule has 10 heavy (non-hydrogen) atoms. The van der Waals surface area contributed by atoms with Crippen LogP contribution in [0.4, 0.5) is 0 Å². The number of hydrogen-bond donors (Lipinski definition) is 0. The second-order valence-corrected chi connectivity index (χ2v) is 2.74. The molecule has 0 N–H and O–H groups in total. The van der Waals surface area contributed by atoms with Gasteiger partial charge in [0.1, 0.15) is 0 Å². The van der Waals surface area contributed by atoms with Gasteiger partial charge in [-0.05, 0) is 12.5 Å². The van der Waals surface area contributed by atoms with Crippen molar-refractivity contribution in [1.29, 1.82) is 0 Å². The zero-order valence-electron chi connectivity index (χ0n) is 5.76. The number of ketones is 1. The normalized spacial score (nSPS) is 23.3. The molecule has 0 saturated carbocycles. The van der Waals surface area contributed by atoms with Crippen LogP contribution >= 0.6 is 0 Å². The van der Waals surface area contributed by atoms with Crippen molar-refractivity contribution in [2.75, 3.05) is 0 Å². The molecule has 2 rings (SSSR count). The summed E-state index contributed by atoms with van der Waals surface area (Å²) >= 11 is 0. The van der Waals surface area contributed by atoms with Crippen molar-refractivity contribution in [1.82, 2.24) is 0 Å². The van der Waals surface area contributed by atoms with E-state index in [1.54, 1.807) is 6.26 Å². The van der Waals surface area contributed by atoms with Crippen molar-refractivity contribution >= 4 is 5.78 Å². The van der Waals surface area contributed by atoms with E-state index in [2.05, 4.69) is 0 Å². The Morgan fingerprint density at radius 1 is 1.70 bits per heavy atom. The predicted octanol–water partition coefficient (Wildman–Crippen LogP) is 1.65. The molecular formula is C8H8O2. The fourth-order valence-electron chi connectivity index (χ4n) is 1.36. The first-order valence-corrected chi connectivity index (χ1v) is 3.39. The van der Waals surface area contributed by atoms with Crippen molar-refractivity contribution in [2.45, 2.75) is 13.3 Å². The third kappa shape index (κ3) is 0.561. The van der Waals surface area contributed by atoms with Crippen LogP contribution in [-0.2, 0) is 6.42 Å². The van der Waals surface area contributed by atoms with Crippen LogP contribution in [0.3, 0.4) is 0 Å². The summed E-state index contributed by atoms with van der Waals surface area (Å²) in [6.07, 6.45) is 2.43. The van der Waals surface area contributed by atoms with E-state index in [1.165, 1.54) is 0 Å². The molecule has 0 bridgehead atoms. The Hall–Kier alpha value is -1.05. The number of Topliss-reactive ketones (excluding diaryl/α,β-unsaturated/α-hetero) is 1. The first-order valence-electron chi connectivity index (χ1n) is 3.39. The highest BCUT2D eigenvalue weighted by Crippen LogP contribution is 2.26. The van der Waals surface area contributed by atoms with E-state index in [9.17, 15) is 4.79 Å². The van der Waals surface area contributed by atoms with Crippen molar-refractivity contribution in [3.63, 3.8) is 0 Å². The number of hydrogen-bond acceptors (Lipinski definition) is 2. The maximum absolute atomic E-state index is 11.2. The SMILES string of the molecule is CC1Cc2ccoc2C1=O. The molecule has 1 aromatic rings. The summed E-state index contributed by atoms with van der Waals surface area (Å²) < 4.78 is 5.01. The molecule has 2 heteroatoms. The molecule has 2 nitrogen and oxygen atoms in total. The standard InChI is InChI=1S/C8H8O2/c1-5-4-6-2-3-10-8(6)7(5)9/h2-3,5H,4H2,1H3. The molecule has 52 valence electrons. The van der Waals surface area contributed by atoms with E-state index < -0.39 is 0 Å². The van der Waals surface area contributed by atoms with E-state index in [1.807, 2.05) is 13.0 Å². The van der Waals surface area contributed by atoms with E-state index >= 15 is 0 Å². The van der Waals surface area contributed by atoms with Gasteiger partial charge in [-0.1, -0.05) is 6.92 Å².